The van der Waals surface area contributed by atoms with Crippen LogP contribution >= 0.6 is 0 Å². The van der Waals surface area contributed by atoms with Crippen LogP contribution in [0.1, 0.15) is 35.4 Å². The first-order valence-corrected chi connectivity index (χ1v) is 8.70. The van der Waals surface area contributed by atoms with Crippen LogP contribution in [0.5, 0.6) is 0 Å². The number of aliphatic hydroxyl groups is 2. The molecule has 0 aromatic heterocycles. The number of hydrogen-bond acceptors (Lipinski definition) is 2. The molecule has 0 amide bonds. The monoisotopic (exact) mass is 336 g/mol. The van der Waals surface area contributed by atoms with Crippen LogP contribution in [0.15, 0.2) is 54.6 Å². The molecule has 2 aromatic rings. The van der Waals surface area contributed by atoms with Gasteiger partial charge in [-0.25, -0.2) is 0 Å². The van der Waals surface area contributed by atoms with Crippen molar-refractivity contribution in [3.8, 4) is 0 Å². The van der Waals surface area contributed by atoms with E-state index in [0.717, 1.165) is 11.1 Å². The molecule has 0 aliphatic carbocycles. The Labute approximate surface area is 126 Å². The second-order valence-corrected chi connectivity index (χ2v) is 7.27. The molecule has 3 heteroatoms. The molecule has 106 valence electrons. The molecule has 2 rings (SSSR count). The summed E-state index contributed by atoms with van der Waals surface area (Å²) in [7, 11) is 0. The molecular formula is C17H20O2Se. The quantitative estimate of drug-likeness (QED) is 0.795. The molecule has 0 aliphatic heterocycles. The Bertz CT molecular complexity index is 528. The van der Waals surface area contributed by atoms with Crippen molar-refractivity contribution in [1.29, 1.82) is 0 Å². The first-order valence-electron chi connectivity index (χ1n) is 6.85. The molecule has 2 atom stereocenters. The Balaban J connectivity index is 2.24. The molecule has 0 aliphatic rings. The molecule has 0 fully saturated rings. The van der Waals surface area contributed by atoms with E-state index in [0.29, 0.717) is 6.42 Å². The first kappa shape index (κ1) is 15.3. The van der Waals surface area contributed by atoms with Gasteiger partial charge in [0.2, 0.25) is 0 Å². The molecular weight excluding hydrogens is 315 g/mol. The minimum atomic E-state index is -0.414. The molecule has 0 bridgehead atoms. The molecule has 0 saturated heterocycles. The molecule has 0 saturated carbocycles. The number of benzene rings is 2. The van der Waals surface area contributed by atoms with Crippen LogP contribution in [0, 0.1) is 0 Å². The van der Waals surface area contributed by atoms with Gasteiger partial charge in [0.25, 0.3) is 0 Å². The minimum absolute atomic E-state index is 0.100. The van der Waals surface area contributed by atoms with Crippen molar-refractivity contribution in [2.75, 3.05) is 6.61 Å². The zero-order chi connectivity index (χ0) is 14.4. The molecule has 2 aromatic carbocycles. The van der Waals surface area contributed by atoms with E-state index >= 15 is 0 Å². The molecule has 20 heavy (non-hydrogen) atoms. The van der Waals surface area contributed by atoms with E-state index in [9.17, 15) is 10.2 Å². The van der Waals surface area contributed by atoms with Crippen molar-refractivity contribution in [2.45, 2.75) is 24.3 Å². The number of rotatable bonds is 6. The summed E-state index contributed by atoms with van der Waals surface area (Å²) in [6.07, 6.45) is 0.297. The molecule has 2 N–H and O–H groups in total. The van der Waals surface area contributed by atoms with Crippen molar-refractivity contribution >= 4 is 19.4 Å². The van der Waals surface area contributed by atoms with Gasteiger partial charge in [-0.1, -0.05) is 0 Å². The van der Waals surface area contributed by atoms with Crippen LogP contribution in [0.3, 0.4) is 0 Å². The predicted molar refractivity (Wildman–Crippen MR) is 83.3 cm³/mol. The SMILES string of the molecule is CC[C@H](O)c1ccccc1[Se][C@H](CO)c1ccccc1. The fourth-order valence-electron chi connectivity index (χ4n) is 2.11. The van der Waals surface area contributed by atoms with Gasteiger partial charge in [0.1, 0.15) is 0 Å². The Hall–Kier alpha value is -1.12. The van der Waals surface area contributed by atoms with Crippen molar-refractivity contribution in [1.82, 2.24) is 0 Å². The van der Waals surface area contributed by atoms with E-state index in [4.69, 9.17) is 0 Å². The van der Waals surface area contributed by atoms with Crippen molar-refractivity contribution in [3.63, 3.8) is 0 Å². The van der Waals surface area contributed by atoms with Crippen molar-refractivity contribution < 1.29 is 10.2 Å². The van der Waals surface area contributed by atoms with Gasteiger partial charge < -0.3 is 0 Å². The van der Waals surface area contributed by atoms with Crippen molar-refractivity contribution in [3.05, 3.63) is 65.7 Å². The maximum absolute atomic E-state index is 10.1. The topological polar surface area (TPSA) is 40.5 Å². The van der Waals surface area contributed by atoms with E-state index in [1.54, 1.807) is 0 Å². The average Bonchev–Trinajstić information content (AvgIpc) is 2.53. The third-order valence-corrected chi connectivity index (χ3v) is 6.06. The second kappa shape index (κ2) is 7.61. The summed E-state index contributed by atoms with van der Waals surface area (Å²) >= 11 is 0.100. The Kier molecular flexibility index (Phi) is 5.81. The average molecular weight is 335 g/mol. The van der Waals surface area contributed by atoms with E-state index < -0.39 is 6.10 Å². The summed E-state index contributed by atoms with van der Waals surface area (Å²) in [6, 6.07) is 18.1. The van der Waals surface area contributed by atoms with Gasteiger partial charge in [0.05, 0.1) is 0 Å². The van der Waals surface area contributed by atoms with Gasteiger partial charge in [0.15, 0.2) is 0 Å². The van der Waals surface area contributed by atoms with E-state index in [2.05, 4.69) is 18.2 Å². The molecule has 0 spiro atoms. The third-order valence-electron chi connectivity index (χ3n) is 3.27. The second-order valence-electron chi connectivity index (χ2n) is 4.66. The Morgan fingerprint density at radius 3 is 2.30 bits per heavy atom. The van der Waals surface area contributed by atoms with E-state index in [1.165, 1.54) is 4.46 Å². The van der Waals surface area contributed by atoms with Gasteiger partial charge in [0, 0.05) is 0 Å². The maximum atomic E-state index is 10.1. The summed E-state index contributed by atoms with van der Waals surface area (Å²) in [5.41, 5.74) is 2.17. The Morgan fingerprint density at radius 2 is 1.65 bits per heavy atom. The summed E-state index contributed by atoms with van der Waals surface area (Å²) in [6.45, 7) is 2.12. The first-order chi connectivity index (χ1) is 9.76. The predicted octanol–water partition coefficient (Wildman–Crippen LogP) is 2.19. The van der Waals surface area contributed by atoms with Gasteiger partial charge >= 0.3 is 126 Å². The molecule has 0 heterocycles. The standard InChI is InChI=1S/C17H20O2Se/c1-2-15(19)14-10-6-7-11-16(14)20-17(12-18)13-8-4-3-5-9-13/h3-11,15,17-19H,2,12H2,1H3/t15-,17+/m0/s1. The summed E-state index contributed by atoms with van der Waals surface area (Å²) in [5, 5.41) is 19.8. The van der Waals surface area contributed by atoms with Gasteiger partial charge in [-0.3, -0.25) is 0 Å². The number of aliphatic hydroxyl groups excluding tert-OH is 2. The third kappa shape index (κ3) is 3.71. The Morgan fingerprint density at radius 1 is 1.00 bits per heavy atom. The van der Waals surface area contributed by atoms with Gasteiger partial charge in [-0.15, -0.1) is 0 Å². The summed E-state index contributed by atoms with van der Waals surface area (Å²) in [5.74, 6) is 0. The number of hydrogen-bond donors (Lipinski definition) is 2. The van der Waals surface area contributed by atoms with Gasteiger partial charge in [-0.05, 0) is 0 Å². The van der Waals surface area contributed by atoms with Crippen molar-refractivity contribution in [2.24, 2.45) is 0 Å². The zero-order valence-corrected chi connectivity index (χ0v) is 13.3. The molecule has 0 unspecified atom stereocenters. The van der Waals surface area contributed by atoms with Crippen LogP contribution in [-0.4, -0.2) is 31.8 Å². The van der Waals surface area contributed by atoms with E-state index in [1.807, 2.05) is 43.3 Å². The molecule has 2 nitrogen and oxygen atoms in total. The van der Waals surface area contributed by atoms with Crippen LogP contribution in [0.4, 0.5) is 0 Å². The normalized spacial score (nSPS) is 13.9. The fourth-order valence-corrected chi connectivity index (χ4v) is 4.57. The molecule has 0 radical (unpaired) electrons. The van der Waals surface area contributed by atoms with Crippen LogP contribution in [0.25, 0.3) is 0 Å². The van der Waals surface area contributed by atoms with Crippen LogP contribution in [0.2, 0.25) is 0 Å². The fraction of sp³-hybridized carbons (Fsp3) is 0.294. The van der Waals surface area contributed by atoms with E-state index in [-0.39, 0.29) is 26.4 Å². The van der Waals surface area contributed by atoms with Crippen LogP contribution in [-0.2, 0) is 0 Å². The summed E-state index contributed by atoms with van der Waals surface area (Å²) in [4.78, 5) is 0.133. The zero-order valence-electron chi connectivity index (χ0n) is 11.6. The van der Waals surface area contributed by atoms with Crippen LogP contribution < -0.4 is 4.46 Å². The van der Waals surface area contributed by atoms with Gasteiger partial charge in [-0.2, -0.15) is 0 Å². The summed E-state index contributed by atoms with van der Waals surface area (Å²) < 4.78 is 1.18.